The maximum absolute atomic E-state index is 12.7. The van der Waals surface area contributed by atoms with Crippen molar-refractivity contribution in [2.24, 2.45) is 5.92 Å². The van der Waals surface area contributed by atoms with E-state index in [-0.39, 0.29) is 12.8 Å². The van der Waals surface area contributed by atoms with Crippen molar-refractivity contribution in [3.8, 4) is 11.5 Å². The number of nitrogens with zero attached hydrogens (tertiary/aromatic N) is 1. The van der Waals surface area contributed by atoms with Crippen LogP contribution >= 0.6 is 11.6 Å². The minimum atomic E-state index is -0.494. The smallest absolute Gasteiger partial charge is 0.343 e. The summed E-state index contributed by atoms with van der Waals surface area (Å²) in [5, 5.41) is 0.890. The summed E-state index contributed by atoms with van der Waals surface area (Å²) in [5.41, 5.74) is 2.35. The highest BCUT2D eigenvalue weighted by Gasteiger charge is 2.50. The number of carbonyl (C=O) groups is 1. The van der Waals surface area contributed by atoms with E-state index in [1.165, 1.54) is 18.4 Å². The molecule has 1 spiro atoms. The van der Waals surface area contributed by atoms with Gasteiger partial charge >= 0.3 is 5.97 Å². The fraction of sp³-hybridized carbons (Fsp3) is 0.500. The molecule has 1 saturated heterocycles. The largest absolute Gasteiger partial charge is 0.454 e. The zero-order valence-corrected chi connectivity index (χ0v) is 18.9. The van der Waals surface area contributed by atoms with Crippen molar-refractivity contribution in [2.75, 3.05) is 19.9 Å². The summed E-state index contributed by atoms with van der Waals surface area (Å²) < 4.78 is 17.0. The number of halogens is 1. The van der Waals surface area contributed by atoms with Crippen LogP contribution in [0.5, 0.6) is 11.5 Å². The molecule has 5 nitrogen and oxygen atoms in total. The van der Waals surface area contributed by atoms with Gasteiger partial charge < -0.3 is 19.1 Å². The van der Waals surface area contributed by atoms with E-state index in [0.29, 0.717) is 29.0 Å². The summed E-state index contributed by atoms with van der Waals surface area (Å²) in [6.07, 6.45) is 7.35. The first kappa shape index (κ1) is 20.4. The molecule has 3 aliphatic heterocycles. The lowest BCUT2D eigenvalue weighted by molar-refractivity contribution is -0.0446. The van der Waals surface area contributed by atoms with Crippen LogP contribution in [0.15, 0.2) is 36.4 Å². The van der Waals surface area contributed by atoms with Crippen molar-refractivity contribution < 1.29 is 19.0 Å². The maximum Gasteiger partial charge on any atom is 0.343 e. The van der Waals surface area contributed by atoms with Gasteiger partial charge in [0.2, 0.25) is 6.79 Å². The molecule has 0 radical (unpaired) electrons. The first-order valence-electron chi connectivity index (χ1n) is 11.8. The molecule has 1 aliphatic carbocycles. The number of likely N-dealkylation sites (tertiary alicyclic amines) is 1. The molecule has 1 saturated carbocycles. The molecule has 32 heavy (non-hydrogen) atoms. The zero-order chi connectivity index (χ0) is 21.7. The van der Waals surface area contributed by atoms with Crippen molar-refractivity contribution in [3.63, 3.8) is 0 Å². The van der Waals surface area contributed by atoms with Gasteiger partial charge in [-0.25, -0.2) is 4.79 Å². The fourth-order valence-corrected chi connectivity index (χ4v) is 6.35. The molecule has 3 heterocycles. The third-order valence-corrected chi connectivity index (χ3v) is 8.29. The number of ether oxygens (including phenoxy) is 3. The van der Waals surface area contributed by atoms with E-state index in [1.54, 1.807) is 0 Å². The first-order chi connectivity index (χ1) is 15.6. The van der Waals surface area contributed by atoms with Gasteiger partial charge in [0.25, 0.3) is 0 Å². The predicted molar refractivity (Wildman–Crippen MR) is 121 cm³/mol. The molecule has 0 aromatic heterocycles. The Morgan fingerprint density at radius 1 is 1.00 bits per heavy atom. The number of benzene rings is 2. The molecule has 0 bridgehead atoms. The Kier molecular flexibility index (Phi) is 5.07. The molecule has 168 valence electrons. The molecule has 0 N–H and O–H groups in total. The lowest BCUT2D eigenvalue weighted by Gasteiger charge is -2.43. The summed E-state index contributed by atoms with van der Waals surface area (Å²) in [6.45, 7) is 2.45. The average molecular weight is 454 g/mol. The number of fused-ring (bicyclic) bond motifs is 4. The average Bonchev–Trinajstić information content (AvgIpc) is 3.39. The van der Waals surface area contributed by atoms with Crippen molar-refractivity contribution in [1.82, 2.24) is 4.90 Å². The number of hydrogen-bond donors (Lipinski definition) is 0. The molecule has 6 rings (SSSR count). The molecule has 0 atom stereocenters. The van der Waals surface area contributed by atoms with E-state index < -0.39 is 5.60 Å². The van der Waals surface area contributed by atoms with Crippen LogP contribution in [0.3, 0.4) is 0 Å². The second-order valence-electron chi connectivity index (χ2n) is 9.61. The Bertz CT molecular complexity index is 1040. The number of esters is 1. The molecular weight excluding hydrogens is 426 g/mol. The van der Waals surface area contributed by atoms with E-state index >= 15 is 0 Å². The van der Waals surface area contributed by atoms with Crippen LogP contribution in [0.4, 0.5) is 0 Å². The first-order valence-corrected chi connectivity index (χ1v) is 12.1. The van der Waals surface area contributed by atoms with Gasteiger partial charge in [-0.15, -0.1) is 0 Å². The lowest BCUT2D eigenvalue weighted by Crippen LogP contribution is -2.46. The van der Waals surface area contributed by atoms with Crippen LogP contribution in [-0.2, 0) is 16.8 Å². The monoisotopic (exact) mass is 453 g/mol. The lowest BCUT2D eigenvalue weighted by atomic mass is 9.76. The highest BCUT2D eigenvalue weighted by molar-refractivity contribution is 6.31. The summed E-state index contributed by atoms with van der Waals surface area (Å²) in [5.74, 6) is 1.65. The van der Waals surface area contributed by atoms with Gasteiger partial charge in [0.05, 0.1) is 0 Å². The zero-order valence-electron chi connectivity index (χ0n) is 18.1. The van der Waals surface area contributed by atoms with Crippen LogP contribution in [-0.4, -0.2) is 36.8 Å². The van der Waals surface area contributed by atoms with Crippen molar-refractivity contribution in [3.05, 3.63) is 58.1 Å². The molecule has 2 fully saturated rings. The van der Waals surface area contributed by atoms with Crippen molar-refractivity contribution in [2.45, 2.75) is 56.6 Å². The molecule has 0 amide bonds. The third kappa shape index (κ3) is 3.37. The van der Waals surface area contributed by atoms with Crippen LogP contribution in [0.2, 0.25) is 5.02 Å². The summed E-state index contributed by atoms with van der Waals surface area (Å²) in [6, 6.07) is 12.7. The van der Waals surface area contributed by atoms with Gasteiger partial charge in [-0.3, -0.25) is 0 Å². The highest BCUT2D eigenvalue weighted by atomic mass is 35.5. The van der Waals surface area contributed by atoms with Gasteiger partial charge in [-0.2, -0.15) is 0 Å². The van der Waals surface area contributed by atoms with Crippen LogP contribution in [0.25, 0.3) is 0 Å². The summed E-state index contributed by atoms with van der Waals surface area (Å²) in [7, 11) is 0. The summed E-state index contributed by atoms with van der Waals surface area (Å²) >= 11 is 6.37. The van der Waals surface area contributed by atoms with E-state index in [1.807, 2.05) is 24.3 Å². The van der Waals surface area contributed by atoms with Gasteiger partial charge in [-0.1, -0.05) is 35.9 Å². The van der Waals surface area contributed by atoms with Crippen LogP contribution in [0.1, 0.15) is 60.0 Å². The van der Waals surface area contributed by atoms with Gasteiger partial charge in [0.1, 0.15) is 11.2 Å². The molecule has 4 aliphatic rings. The fourth-order valence-electron chi connectivity index (χ4n) is 6.14. The minimum Gasteiger partial charge on any atom is -0.454 e. The van der Waals surface area contributed by atoms with Crippen molar-refractivity contribution >= 4 is 17.6 Å². The number of carbonyl (C=O) groups excluding carboxylic acids is 1. The Morgan fingerprint density at radius 2 is 1.78 bits per heavy atom. The number of piperidine rings is 1. The molecular formula is C26H28ClNO4. The number of hydrogen-bond acceptors (Lipinski definition) is 5. The van der Waals surface area contributed by atoms with E-state index in [4.69, 9.17) is 25.8 Å². The Morgan fingerprint density at radius 3 is 2.56 bits per heavy atom. The van der Waals surface area contributed by atoms with Gasteiger partial charge in [0.15, 0.2) is 11.5 Å². The molecule has 2 aromatic carbocycles. The van der Waals surface area contributed by atoms with Gasteiger partial charge in [0, 0.05) is 16.6 Å². The normalized spacial score (nSPS) is 27.5. The standard InChI is InChI=1S/C26H28ClNO4/c27-21-4-2-1-3-18(21)15-17-9-13-28(14-10-17)19-7-11-26(12-8-19)20-5-6-22-24(31-16-30-22)23(20)25(29)32-26/h1-6,17,19H,7-16H2. The second-order valence-corrected chi connectivity index (χ2v) is 10.0. The maximum atomic E-state index is 12.7. The van der Waals surface area contributed by atoms with E-state index in [0.717, 1.165) is 55.8 Å². The Balaban J connectivity index is 1.09. The second kappa shape index (κ2) is 7.96. The molecule has 6 heteroatoms. The Hall–Kier alpha value is -2.24. The van der Waals surface area contributed by atoms with Crippen molar-refractivity contribution in [1.29, 1.82) is 0 Å². The third-order valence-electron chi connectivity index (χ3n) is 7.92. The van der Waals surface area contributed by atoms with Crippen LogP contribution < -0.4 is 9.47 Å². The summed E-state index contributed by atoms with van der Waals surface area (Å²) in [4.78, 5) is 15.4. The SMILES string of the molecule is O=C1OC2(CCC(N3CCC(Cc4ccccc4Cl)CC3)CC2)c2ccc3c(c21)OCO3. The van der Waals surface area contributed by atoms with E-state index in [9.17, 15) is 4.79 Å². The Labute approximate surface area is 193 Å². The minimum absolute atomic E-state index is 0.167. The van der Waals surface area contributed by atoms with E-state index in [2.05, 4.69) is 17.0 Å². The molecule has 0 unspecified atom stereocenters. The quantitative estimate of drug-likeness (QED) is 0.588. The molecule has 2 aromatic rings. The highest BCUT2D eigenvalue weighted by Crippen LogP contribution is 2.52. The number of rotatable bonds is 3. The topological polar surface area (TPSA) is 48.0 Å². The van der Waals surface area contributed by atoms with Crippen LogP contribution in [0, 0.1) is 5.92 Å². The predicted octanol–water partition coefficient (Wildman–Crippen LogP) is 5.33. The van der Waals surface area contributed by atoms with Gasteiger partial charge in [-0.05, 0) is 81.6 Å².